The van der Waals surface area contributed by atoms with Gasteiger partial charge < -0.3 is 4.74 Å². The van der Waals surface area contributed by atoms with Crippen molar-refractivity contribution >= 4 is 11.7 Å². The Morgan fingerprint density at radius 1 is 1.19 bits per heavy atom. The summed E-state index contributed by atoms with van der Waals surface area (Å²) < 4.78 is 5.78. The molecule has 4 atom stereocenters. The summed E-state index contributed by atoms with van der Waals surface area (Å²) in [6.45, 7) is 9.00. The predicted octanol–water partition coefficient (Wildman–Crippen LogP) is 6.64. The number of non-ortho nitro benzene ring substituents is 1. The maximum absolute atomic E-state index is 13.4. The first-order valence-corrected chi connectivity index (χ1v) is 11.5. The minimum Gasteiger partial charge on any atom is -0.426 e. The number of nitro groups is 1. The first-order chi connectivity index (χ1) is 14.6. The van der Waals surface area contributed by atoms with Crippen molar-refractivity contribution in [3.8, 4) is 5.75 Å². The van der Waals surface area contributed by atoms with Crippen LogP contribution in [0.4, 0.5) is 5.69 Å². The van der Waals surface area contributed by atoms with E-state index in [0.717, 1.165) is 38.5 Å². The van der Waals surface area contributed by atoms with Gasteiger partial charge in [0.25, 0.3) is 5.69 Å². The van der Waals surface area contributed by atoms with Gasteiger partial charge >= 0.3 is 5.97 Å². The third kappa shape index (κ3) is 3.72. The van der Waals surface area contributed by atoms with Crippen molar-refractivity contribution in [1.82, 2.24) is 0 Å². The van der Waals surface area contributed by atoms with Crippen molar-refractivity contribution in [3.05, 3.63) is 57.7 Å². The molecule has 0 heterocycles. The van der Waals surface area contributed by atoms with Gasteiger partial charge in [0.15, 0.2) is 0 Å². The molecule has 0 spiro atoms. The molecule has 1 fully saturated rings. The van der Waals surface area contributed by atoms with Crippen LogP contribution in [0.2, 0.25) is 0 Å². The van der Waals surface area contributed by atoms with Gasteiger partial charge in [-0.25, -0.2) is 0 Å². The zero-order chi connectivity index (χ0) is 22.4. The molecule has 1 unspecified atom stereocenters. The zero-order valence-electron chi connectivity index (χ0n) is 19.0. The SMILES string of the molecule is CC(C)C1=CC2=CC[C@H]3[C@](C)(C(=O)Oc4ccc([N+](=O)[O-])cc4)CCC[C@]3(C)C2CC1. The summed E-state index contributed by atoms with van der Waals surface area (Å²) in [5, 5.41) is 10.9. The second kappa shape index (κ2) is 7.92. The molecule has 0 saturated heterocycles. The van der Waals surface area contributed by atoms with E-state index >= 15 is 0 Å². The minimum atomic E-state index is -0.557. The van der Waals surface area contributed by atoms with Crippen LogP contribution in [0.1, 0.15) is 66.2 Å². The molecular formula is C26H33NO4. The molecule has 166 valence electrons. The van der Waals surface area contributed by atoms with Crippen LogP contribution in [-0.4, -0.2) is 10.9 Å². The Labute approximate surface area is 184 Å². The lowest BCUT2D eigenvalue weighted by molar-refractivity contribution is -0.384. The molecule has 3 aliphatic rings. The highest BCUT2D eigenvalue weighted by atomic mass is 16.6. The Bertz CT molecular complexity index is 945. The quantitative estimate of drug-likeness (QED) is 0.236. The number of fused-ring (bicyclic) bond motifs is 3. The van der Waals surface area contributed by atoms with E-state index in [1.54, 1.807) is 5.57 Å². The number of carbonyl (C=O) groups excluding carboxylic acids is 1. The summed E-state index contributed by atoms with van der Waals surface area (Å²) in [6.07, 6.45) is 11.0. The van der Waals surface area contributed by atoms with E-state index in [4.69, 9.17) is 4.74 Å². The normalized spacial score (nSPS) is 32.4. The van der Waals surface area contributed by atoms with Crippen molar-refractivity contribution in [2.24, 2.45) is 28.6 Å². The molecule has 1 aromatic carbocycles. The summed E-state index contributed by atoms with van der Waals surface area (Å²) in [5.41, 5.74) is 2.54. The Morgan fingerprint density at radius 3 is 2.55 bits per heavy atom. The molecule has 0 aromatic heterocycles. The summed E-state index contributed by atoms with van der Waals surface area (Å²) in [7, 11) is 0. The second-order valence-electron chi connectivity index (χ2n) is 10.4. The first-order valence-electron chi connectivity index (χ1n) is 11.5. The average Bonchev–Trinajstić information content (AvgIpc) is 2.73. The van der Waals surface area contributed by atoms with Crippen LogP contribution >= 0.6 is 0 Å². The maximum atomic E-state index is 13.4. The van der Waals surface area contributed by atoms with Gasteiger partial charge in [0.05, 0.1) is 10.3 Å². The van der Waals surface area contributed by atoms with Crippen molar-refractivity contribution in [1.29, 1.82) is 0 Å². The number of hydrogen-bond donors (Lipinski definition) is 0. The number of allylic oxidation sites excluding steroid dienone is 4. The van der Waals surface area contributed by atoms with Crippen molar-refractivity contribution in [3.63, 3.8) is 0 Å². The number of benzene rings is 1. The summed E-state index contributed by atoms with van der Waals surface area (Å²) in [6, 6.07) is 5.79. The molecule has 5 nitrogen and oxygen atoms in total. The molecular weight excluding hydrogens is 390 g/mol. The largest absolute Gasteiger partial charge is 0.426 e. The van der Waals surface area contributed by atoms with E-state index in [0.29, 0.717) is 17.6 Å². The van der Waals surface area contributed by atoms with Crippen LogP contribution in [0.25, 0.3) is 0 Å². The molecule has 3 aliphatic carbocycles. The van der Waals surface area contributed by atoms with Crippen LogP contribution in [-0.2, 0) is 4.79 Å². The topological polar surface area (TPSA) is 69.4 Å². The first kappa shape index (κ1) is 21.8. The number of rotatable bonds is 4. The lowest BCUT2D eigenvalue weighted by Gasteiger charge is -2.57. The van der Waals surface area contributed by atoms with E-state index in [1.165, 1.54) is 29.8 Å². The molecule has 5 heteroatoms. The van der Waals surface area contributed by atoms with Gasteiger partial charge in [-0.1, -0.05) is 44.9 Å². The maximum Gasteiger partial charge on any atom is 0.317 e. The number of esters is 1. The Hall–Kier alpha value is -2.43. The summed E-state index contributed by atoms with van der Waals surface area (Å²) in [5.74, 6) is 1.49. The van der Waals surface area contributed by atoms with E-state index in [2.05, 4.69) is 39.8 Å². The zero-order valence-corrected chi connectivity index (χ0v) is 19.0. The van der Waals surface area contributed by atoms with Gasteiger partial charge in [0, 0.05) is 12.1 Å². The number of nitrogens with zero attached hydrogens (tertiary/aromatic N) is 1. The molecule has 31 heavy (non-hydrogen) atoms. The molecule has 0 bridgehead atoms. The van der Waals surface area contributed by atoms with Crippen LogP contribution in [0, 0.1) is 38.7 Å². The van der Waals surface area contributed by atoms with Crippen molar-refractivity contribution < 1.29 is 14.5 Å². The molecule has 0 N–H and O–H groups in total. The fourth-order valence-electron chi connectivity index (χ4n) is 6.45. The molecule has 1 saturated carbocycles. The van der Waals surface area contributed by atoms with Crippen LogP contribution in [0.15, 0.2) is 47.6 Å². The van der Waals surface area contributed by atoms with E-state index < -0.39 is 10.3 Å². The van der Waals surface area contributed by atoms with E-state index in [1.807, 2.05) is 0 Å². The predicted molar refractivity (Wildman–Crippen MR) is 121 cm³/mol. The van der Waals surface area contributed by atoms with E-state index in [-0.39, 0.29) is 23.0 Å². The third-order valence-corrected chi connectivity index (χ3v) is 8.30. The standard InChI is InChI=1S/C26H33NO4/c1-17(2)18-6-12-22-19(16-18)7-13-23-25(22,3)14-5-15-26(23,4)24(28)31-21-10-8-20(9-11-21)27(29)30/h7-11,16-17,22-23H,5-6,12-15H2,1-4H3/t22?,23-,25-,26-/m1/s1. The number of hydrogen-bond acceptors (Lipinski definition) is 4. The number of nitro benzene ring substituents is 1. The molecule has 0 radical (unpaired) electrons. The van der Waals surface area contributed by atoms with Crippen molar-refractivity contribution in [2.75, 3.05) is 0 Å². The lowest BCUT2D eigenvalue weighted by Crippen LogP contribution is -2.54. The van der Waals surface area contributed by atoms with Crippen LogP contribution in [0.5, 0.6) is 5.75 Å². The van der Waals surface area contributed by atoms with Gasteiger partial charge in [-0.2, -0.15) is 0 Å². The molecule has 4 rings (SSSR count). The minimum absolute atomic E-state index is 0.00711. The lowest BCUT2D eigenvalue weighted by atomic mass is 9.47. The van der Waals surface area contributed by atoms with E-state index in [9.17, 15) is 14.9 Å². The van der Waals surface area contributed by atoms with Crippen LogP contribution in [0.3, 0.4) is 0 Å². The van der Waals surface area contributed by atoms with Crippen molar-refractivity contribution in [2.45, 2.75) is 66.2 Å². The highest BCUT2D eigenvalue weighted by Gasteiger charge is 2.57. The number of ether oxygens (including phenoxy) is 1. The summed E-state index contributed by atoms with van der Waals surface area (Å²) in [4.78, 5) is 23.9. The van der Waals surface area contributed by atoms with Gasteiger partial charge in [-0.05, 0) is 79.9 Å². The Balaban J connectivity index is 1.59. The Morgan fingerprint density at radius 2 is 1.90 bits per heavy atom. The third-order valence-electron chi connectivity index (χ3n) is 8.30. The summed E-state index contributed by atoms with van der Waals surface area (Å²) >= 11 is 0. The monoisotopic (exact) mass is 423 g/mol. The smallest absolute Gasteiger partial charge is 0.317 e. The highest BCUT2D eigenvalue weighted by Crippen LogP contribution is 2.62. The fraction of sp³-hybridized carbons (Fsp3) is 0.577. The second-order valence-corrected chi connectivity index (χ2v) is 10.4. The van der Waals surface area contributed by atoms with Gasteiger partial charge in [-0.15, -0.1) is 0 Å². The average molecular weight is 424 g/mol. The molecule has 0 aliphatic heterocycles. The molecule has 1 aromatic rings. The van der Waals surface area contributed by atoms with Crippen LogP contribution < -0.4 is 4.74 Å². The van der Waals surface area contributed by atoms with Gasteiger partial charge in [-0.3, -0.25) is 14.9 Å². The molecule has 0 amide bonds. The number of carbonyl (C=O) groups is 1. The fourth-order valence-corrected chi connectivity index (χ4v) is 6.45. The highest BCUT2D eigenvalue weighted by molar-refractivity contribution is 5.79. The Kier molecular flexibility index (Phi) is 5.57. The van der Waals surface area contributed by atoms with Gasteiger partial charge in [0.2, 0.25) is 0 Å². The van der Waals surface area contributed by atoms with Gasteiger partial charge in [0.1, 0.15) is 5.75 Å².